The van der Waals surface area contributed by atoms with Crippen molar-refractivity contribution in [2.24, 2.45) is 5.92 Å². The maximum absolute atomic E-state index is 11.2. The van der Waals surface area contributed by atoms with E-state index in [-0.39, 0.29) is 6.54 Å². The van der Waals surface area contributed by atoms with Gasteiger partial charge >= 0.3 is 5.97 Å². The lowest BCUT2D eigenvalue weighted by atomic mass is 9.94. The monoisotopic (exact) mass is 227 g/mol. The van der Waals surface area contributed by atoms with Crippen LogP contribution in [0.3, 0.4) is 0 Å². The number of methoxy groups -OCH3 is 1. The van der Waals surface area contributed by atoms with Gasteiger partial charge in [-0.25, -0.2) is 4.79 Å². The summed E-state index contributed by atoms with van der Waals surface area (Å²) >= 11 is 0. The molecule has 0 saturated heterocycles. The lowest BCUT2D eigenvalue weighted by Gasteiger charge is -2.23. The number of nitrogens with one attached hydrogen (secondary N) is 1. The van der Waals surface area contributed by atoms with Gasteiger partial charge < -0.3 is 15.2 Å². The first-order chi connectivity index (χ1) is 7.56. The molecule has 0 fully saturated rings. The highest BCUT2D eigenvalue weighted by Crippen LogP contribution is 2.17. The van der Waals surface area contributed by atoms with Crippen molar-refractivity contribution in [1.82, 2.24) is 5.32 Å². The van der Waals surface area contributed by atoms with Gasteiger partial charge in [0, 0.05) is 6.54 Å². The smallest absolute Gasteiger partial charge is 0.338 e. The number of hydrogen-bond acceptors (Lipinski definition) is 4. The van der Waals surface area contributed by atoms with Crippen LogP contribution in [0.1, 0.15) is 26.2 Å². The molecule has 0 bridgehead atoms. The van der Waals surface area contributed by atoms with E-state index in [2.05, 4.69) is 22.2 Å². The summed E-state index contributed by atoms with van der Waals surface area (Å²) in [4.78, 5) is 11.2. The minimum Gasteiger partial charge on any atom is -0.467 e. The lowest BCUT2D eigenvalue weighted by molar-refractivity contribution is -0.159. The van der Waals surface area contributed by atoms with Crippen molar-refractivity contribution >= 4 is 5.97 Å². The van der Waals surface area contributed by atoms with Crippen LogP contribution in [0.2, 0.25) is 0 Å². The summed E-state index contributed by atoms with van der Waals surface area (Å²) in [6.07, 6.45) is 7.76. The normalized spacial score (nSPS) is 23.8. The topological polar surface area (TPSA) is 58.6 Å². The molecule has 4 heteroatoms. The fourth-order valence-corrected chi connectivity index (χ4v) is 1.85. The molecule has 16 heavy (non-hydrogen) atoms. The predicted molar refractivity (Wildman–Crippen MR) is 62.0 cm³/mol. The Kier molecular flexibility index (Phi) is 4.96. The number of ether oxygens (including phenoxy) is 1. The summed E-state index contributed by atoms with van der Waals surface area (Å²) in [7, 11) is 1.28. The van der Waals surface area contributed by atoms with Crippen LogP contribution in [0, 0.1) is 5.92 Å². The number of allylic oxidation sites excluding steroid dienone is 2. The molecule has 2 unspecified atom stereocenters. The van der Waals surface area contributed by atoms with E-state index in [1.807, 2.05) is 0 Å². The zero-order chi connectivity index (χ0) is 12.0. The minimum absolute atomic E-state index is 0.236. The van der Waals surface area contributed by atoms with E-state index in [0.29, 0.717) is 5.92 Å². The average molecular weight is 227 g/mol. The number of aliphatic hydroxyl groups is 1. The van der Waals surface area contributed by atoms with Crippen LogP contribution >= 0.6 is 0 Å². The summed E-state index contributed by atoms with van der Waals surface area (Å²) in [6, 6.07) is 0. The van der Waals surface area contributed by atoms with Gasteiger partial charge in [-0.15, -0.1) is 0 Å². The standard InChI is InChI=1S/C12H21NO3/c1-12(15,11(14)16-2)9-13-8-10-6-4-3-5-7-10/h3-4,10,13,15H,5-9H2,1-2H3. The Labute approximate surface area is 96.7 Å². The van der Waals surface area contributed by atoms with Crippen molar-refractivity contribution in [2.45, 2.75) is 31.8 Å². The van der Waals surface area contributed by atoms with Gasteiger partial charge in [-0.2, -0.15) is 0 Å². The highest BCUT2D eigenvalue weighted by molar-refractivity contribution is 5.78. The lowest BCUT2D eigenvalue weighted by Crippen LogP contribution is -2.46. The van der Waals surface area contributed by atoms with Crippen LogP contribution in [0.25, 0.3) is 0 Å². The SMILES string of the molecule is COC(=O)C(C)(O)CNCC1CC=CCC1. The third-order valence-electron chi connectivity index (χ3n) is 2.91. The van der Waals surface area contributed by atoms with E-state index in [4.69, 9.17) is 0 Å². The Morgan fingerprint density at radius 3 is 2.94 bits per heavy atom. The summed E-state index contributed by atoms with van der Waals surface area (Å²) in [5, 5.41) is 12.9. The number of esters is 1. The molecule has 0 spiro atoms. The van der Waals surface area contributed by atoms with Crippen molar-refractivity contribution in [3.63, 3.8) is 0 Å². The molecule has 0 aromatic heterocycles. The van der Waals surface area contributed by atoms with Crippen LogP contribution in [0.15, 0.2) is 12.2 Å². The zero-order valence-corrected chi connectivity index (χ0v) is 10.0. The molecular weight excluding hydrogens is 206 g/mol. The second-order valence-electron chi connectivity index (χ2n) is 4.55. The fourth-order valence-electron chi connectivity index (χ4n) is 1.85. The first-order valence-corrected chi connectivity index (χ1v) is 5.73. The summed E-state index contributed by atoms with van der Waals surface area (Å²) in [5.74, 6) is 0.0157. The molecule has 1 aliphatic rings. The van der Waals surface area contributed by atoms with E-state index in [1.165, 1.54) is 20.5 Å². The molecule has 1 aliphatic carbocycles. The molecule has 0 saturated carbocycles. The third-order valence-corrected chi connectivity index (χ3v) is 2.91. The Hall–Kier alpha value is -0.870. The van der Waals surface area contributed by atoms with Gasteiger partial charge in [-0.05, 0) is 38.6 Å². The van der Waals surface area contributed by atoms with Crippen molar-refractivity contribution in [2.75, 3.05) is 20.2 Å². The number of carbonyl (C=O) groups is 1. The van der Waals surface area contributed by atoms with Gasteiger partial charge in [0.15, 0.2) is 5.60 Å². The summed E-state index contributed by atoms with van der Waals surface area (Å²) in [5.41, 5.74) is -1.43. The van der Waals surface area contributed by atoms with Gasteiger partial charge in [-0.1, -0.05) is 12.2 Å². The Bertz CT molecular complexity index is 261. The highest BCUT2D eigenvalue weighted by atomic mass is 16.5. The average Bonchev–Trinajstić information content (AvgIpc) is 2.29. The molecule has 0 aromatic carbocycles. The number of carbonyl (C=O) groups excluding carboxylic acids is 1. The van der Waals surface area contributed by atoms with Crippen molar-refractivity contribution in [3.05, 3.63) is 12.2 Å². The van der Waals surface area contributed by atoms with Gasteiger partial charge in [0.25, 0.3) is 0 Å². The number of hydrogen-bond donors (Lipinski definition) is 2. The largest absolute Gasteiger partial charge is 0.467 e. The fraction of sp³-hybridized carbons (Fsp3) is 0.750. The van der Waals surface area contributed by atoms with E-state index in [0.717, 1.165) is 19.4 Å². The Morgan fingerprint density at radius 1 is 1.62 bits per heavy atom. The van der Waals surface area contributed by atoms with Crippen molar-refractivity contribution in [1.29, 1.82) is 0 Å². The van der Waals surface area contributed by atoms with E-state index >= 15 is 0 Å². The van der Waals surface area contributed by atoms with Crippen LogP contribution in [0.5, 0.6) is 0 Å². The molecular formula is C12H21NO3. The second kappa shape index (κ2) is 6.01. The van der Waals surface area contributed by atoms with Gasteiger partial charge in [-0.3, -0.25) is 0 Å². The zero-order valence-electron chi connectivity index (χ0n) is 10.0. The summed E-state index contributed by atoms with van der Waals surface area (Å²) in [6.45, 7) is 2.53. The van der Waals surface area contributed by atoms with Crippen molar-refractivity contribution < 1.29 is 14.6 Å². The maximum Gasteiger partial charge on any atom is 0.338 e. The molecule has 1 rings (SSSR count). The molecule has 2 atom stereocenters. The molecule has 0 radical (unpaired) electrons. The van der Waals surface area contributed by atoms with E-state index in [1.54, 1.807) is 0 Å². The van der Waals surface area contributed by atoms with Gasteiger partial charge in [0.05, 0.1) is 7.11 Å². The first kappa shape index (κ1) is 13.2. The number of rotatable bonds is 5. The third kappa shape index (κ3) is 3.94. The van der Waals surface area contributed by atoms with Crippen molar-refractivity contribution in [3.8, 4) is 0 Å². The molecule has 0 amide bonds. The Balaban J connectivity index is 2.23. The van der Waals surface area contributed by atoms with Crippen LogP contribution < -0.4 is 5.32 Å². The van der Waals surface area contributed by atoms with E-state index in [9.17, 15) is 9.90 Å². The van der Waals surface area contributed by atoms with Crippen LogP contribution in [-0.2, 0) is 9.53 Å². The Morgan fingerprint density at radius 2 is 2.38 bits per heavy atom. The molecule has 0 aliphatic heterocycles. The summed E-state index contributed by atoms with van der Waals surface area (Å²) < 4.78 is 4.52. The van der Waals surface area contributed by atoms with Crippen LogP contribution in [-0.4, -0.2) is 36.9 Å². The highest BCUT2D eigenvalue weighted by Gasteiger charge is 2.30. The molecule has 2 N–H and O–H groups in total. The second-order valence-corrected chi connectivity index (χ2v) is 4.55. The first-order valence-electron chi connectivity index (χ1n) is 5.73. The quantitative estimate of drug-likeness (QED) is 0.540. The molecule has 92 valence electrons. The molecule has 0 aromatic rings. The van der Waals surface area contributed by atoms with E-state index < -0.39 is 11.6 Å². The van der Waals surface area contributed by atoms with Crippen LogP contribution in [0.4, 0.5) is 0 Å². The minimum atomic E-state index is -1.43. The predicted octanol–water partition coefficient (Wildman–Crippen LogP) is 0.856. The maximum atomic E-state index is 11.2. The van der Waals surface area contributed by atoms with Gasteiger partial charge in [0.2, 0.25) is 0 Å². The molecule has 0 heterocycles. The molecule has 4 nitrogen and oxygen atoms in total. The van der Waals surface area contributed by atoms with Gasteiger partial charge in [0.1, 0.15) is 0 Å².